The van der Waals surface area contributed by atoms with Crippen LogP contribution in [0.25, 0.3) is 0 Å². The summed E-state index contributed by atoms with van der Waals surface area (Å²) >= 11 is 0. The summed E-state index contributed by atoms with van der Waals surface area (Å²) in [5.41, 5.74) is 5.39. The Hall–Kier alpha value is -5.41. The maximum atomic E-state index is 12.7. The molecular formula is C75H116NO8P. The van der Waals surface area contributed by atoms with Gasteiger partial charge in [0.1, 0.15) is 6.61 Å². The van der Waals surface area contributed by atoms with Crippen molar-refractivity contribution in [2.45, 2.75) is 225 Å². The van der Waals surface area contributed by atoms with E-state index in [0.29, 0.717) is 12.8 Å². The van der Waals surface area contributed by atoms with Gasteiger partial charge in [0.25, 0.3) is 0 Å². The van der Waals surface area contributed by atoms with E-state index in [1.54, 1.807) is 0 Å². The predicted octanol–water partition coefficient (Wildman–Crippen LogP) is 21.5. The highest BCUT2D eigenvalue weighted by Gasteiger charge is 2.26. The summed E-state index contributed by atoms with van der Waals surface area (Å²) in [6.07, 6.45) is 105. The molecule has 3 N–H and O–H groups in total. The molecule has 0 radical (unpaired) electrons. The number of hydrogen-bond donors (Lipinski definition) is 2. The average molecular weight is 1190 g/mol. The van der Waals surface area contributed by atoms with Crippen LogP contribution in [0.4, 0.5) is 0 Å². The second-order valence-electron chi connectivity index (χ2n) is 20.5. The van der Waals surface area contributed by atoms with Gasteiger partial charge in [-0.2, -0.15) is 0 Å². The molecule has 2 atom stereocenters. The summed E-state index contributed by atoms with van der Waals surface area (Å²) in [4.78, 5) is 35.3. The van der Waals surface area contributed by atoms with E-state index in [1.807, 2.05) is 0 Å². The monoisotopic (exact) mass is 1190 g/mol. The topological polar surface area (TPSA) is 134 Å². The van der Waals surface area contributed by atoms with Crippen LogP contribution in [0.15, 0.2) is 207 Å². The van der Waals surface area contributed by atoms with Crippen LogP contribution in [0.1, 0.15) is 219 Å². The van der Waals surface area contributed by atoms with Crippen molar-refractivity contribution in [1.82, 2.24) is 0 Å². The van der Waals surface area contributed by atoms with Crippen molar-refractivity contribution in [3.05, 3.63) is 207 Å². The number of unbranched alkanes of at least 4 members (excludes halogenated alkanes) is 11. The molecule has 0 aromatic heterocycles. The molecule has 0 aliphatic rings. The first kappa shape index (κ1) is 79.6. The van der Waals surface area contributed by atoms with E-state index < -0.39 is 32.5 Å². The predicted molar refractivity (Wildman–Crippen MR) is 366 cm³/mol. The number of allylic oxidation sites excluding steroid dienone is 34. The quantitative estimate of drug-likeness (QED) is 0.0264. The molecule has 9 nitrogen and oxygen atoms in total. The number of phosphoric ester groups is 1. The minimum atomic E-state index is -4.42. The molecule has 0 aliphatic carbocycles. The van der Waals surface area contributed by atoms with Crippen molar-refractivity contribution in [1.29, 1.82) is 0 Å². The maximum absolute atomic E-state index is 12.7. The fourth-order valence-electron chi connectivity index (χ4n) is 7.94. The van der Waals surface area contributed by atoms with E-state index in [-0.39, 0.29) is 32.6 Å². The Balaban J connectivity index is 4.12. The molecule has 10 heteroatoms. The zero-order valence-electron chi connectivity index (χ0n) is 53.0. The van der Waals surface area contributed by atoms with Crippen LogP contribution in [0.3, 0.4) is 0 Å². The largest absolute Gasteiger partial charge is 0.472 e. The van der Waals surface area contributed by atoms with Crippen LogP contribution < -0.4 is 5.73 Å². The Labute approximate surface area is 518 Å². The van der Waals surface area contributed by atoms with Gasteiger partial charge < -0.3 is 20.1 Å². The normalized spacial score (nSPS) is 14.4. The maximum Gasteiger partial charge on any atom is 0.472 e. The number of ether oxygens (including phenoxy) is 2. The molecule has 0 spiro atoms. The Bertz CT molecular complexity index is 2140. The lowest BCUT2D eigenvalue weighted by molar-refractivity contribution is -0.161. The van der Waals surface area contributed by atoms with Gasteiger partial charge in [0.05, 0.1) is 13.2 Å². The number of esters is 2. The van der Waals surface area contributed by atoms with Crippen LogP contribution >= 0.6 is 7.82 Å². The Morgan fingerprint density at radius 2 is 0.612 bits per heavy atom. The van der Waals surface area contributed by atoms with Gasteiger partial charge in [0, 0.05) is 19.4 Å². The van der Waals surface area contributed by atoms with Crippen LogP contribution in [-0.4, -0.2) is 49.3 Å². The molecule has 2 unspecified atom stereocenters. The summed E-state index contributed by atoms with van der Waals surface area (Å²) in [6.45, 7) is 3.43. The average Bonchev–Trinajstić information content (AvgIpc) is 3.53. The first-order valence-corrected chi connectivity index (χ1v) is 34.1. The summed E-state index contributed by atoms with van der Waals surface area (Å²) in [6, 6.07) is 0. The molecule has 85 heavy (non-hydrogen) atoms. The molecule has 0 saturated heterocycles. The van der Waals surface area contributed by atoms with E-state index in [0.717, 1.165) is 148 Å². The summed E-state index contributed by atoms with van der Waals surface area (Å²) in [5.74, 6) is -0.903. The second kappa shape index (κ2) is 67.7. The number of nitrogens with two attached hydrogens (primary N) is 1. The van der Waals surface area contributed by atoms with Gasteiger partial charge in [0.15, 0.2) is 6.10 Å². The van der Waals surface area contributed by atoms with Crippen LogP contribution in [-0.2, 0) is 32.7 Å². The zero-order chi connectivity index (χ0) is 61.6. The highest BCUT2D eigenvalue weighted by Crippen LogP contribution is 2.43. The molecule has 0 aliphatic heterocycles. The standard InChI is InChI=1S/C75H116NO8P/c1-3-5-7-9-11-13-15-17-19-21-23-25-27-29-30-31-32-33-34-35-36-37-38-39-40-41-42-44-46-48-50-52-54-56-58-60-62-64-66-68-75(78)84-73(72-83-85(79,80)82-70-69-76)71-81-74(77)67-65-63-61-59-57-55-53-51-49-47-45-43-28-26-24-22-20-18-16-14-12-10-8-6-4-2/h5-8,11-14,17-20,23-26,29-30,32-33,35-36,38-39,41-43,45-46,48,52,54,58,60,73H,3-4,9-10,15-16,21-22,27-28,31,34,37,40,44,47,49-51,53,55-57,59,61-72,76H2,1-2H3,(H,79,80)/b7-5-,8-6-,13-11-,14-12-,19-17-,20-18-,25-23-,26-24-,30-29-,33-32-,36-35-,39-38-,42-41-,45-43-,48-46-,54-52-,60-58-. The molecule has 0 heterocycles. The first-order chi connectivity index (χ1) is 41.8. The van der Waals surface area contributed by atoms with Crippen LogP contribution in [0.5, 0.6) is 0 Å². The zero-order valence-corrected chi connectivity index (χ0v) is 53.9. The lowest BCUT2D eigenvalue weighted by Gasteiger charge is -2.19. The van der Waals surface area contributed by atoms with Gasteiger partial charge in [-0.3, -0.25) is 18.6 Å². The number of phosphoric acid groups is 1. The third-order valence-electron chi connectivity index (χ3n) is 12.7. The van der Waals surface area contributed by atoms with Crippen molar-refractivity contribution in [2.75, 3.05) is 26.4 Å². The van der Waals surface area contributed by atoms with Crippen LogP contribution in [0, 0.1) is 0 Å². The van der Waals surface area contributed by atoms with Gasteiger partial charge in [0.2, 0.25) is 0 Å². The number of rotatable bonds is 58. The van der Waals surface area contributed by atoms with E-state index in [9.17, 15) is 19.0 Å². The molecule has 0 aromatic rings. The summed E-state index contributed by atoms with van der Waals surface area (Å²) < 4.78 is 33.0. The van der Waals surface area contributed by atoms with Crippen molar-refractivity contribution in [3.63, 3.8) is 0 Å². The Morgan fingerprint density at radius 3 is 0.929 bits per heavy atom. The molecule has 0 aromatic carbocycles. The first-order valence-electron chi connectivity index (χ1n) is 32.6. The highest BCUT2D eigenvalue weighted by molar-refractivity contribution is 7.47. The number of carbonyl (C=O) groups is 2. The fourth-order valence-corrected chi connectivity index (χ4v) is 8.70. The highest BCUT2D eigenvalue weighted by atomic mass is 31.2. The van der Waals surface area contributed by atoms with E-state index in [4.69, 9.17) is 24.3 Å². The van der Waals surface area contributed by atoms with Gasteiger partial charge in [-0.15, -0.1) is 0 Å². The van der Waals surface area contributed by atoms with E-state index >= 15 is 0 Å². The SMILES string of the molecule is CC/C=C\C/C=C\C/C=C\C/C=C\C/C=C\C/C=C\C/C=C\C/C=C\C/C=C\C/C=C\C/C=C\C/C=C\CCCCC(=O)OC(COC(=O)CCCCCCCCCCC/C=C\C/C=C\C/C=C\C/C=C\C/C=C\CC)COP(=O)(O)OCCN. The van der Waals surface area contributed by atoms with Gasteiger partial charge in [-0.25, -0.2) is 4.57 Å². The fraction of sp³-hybridized carbons (Fsp3) is 0.520. The lowest BCUT2D eigenvalue weighted by atomic mass is 10.1. The summed E-state index contributed by atoms with van der Waals surface area (Å²) in [7, 11) is -4.42. The van der Waals surface area contributed by atoms with Gasteiger partial charge in [-0.1, -0.05) is 265 Å². The Kier molecular flexibility index (Phi) is 63.4. The van der Waals surface area contributed by atoms with E-state index in [1.165, 1.54) is 32.1 Å². The number of carbonyl (C=O) groups excluding carboxylic acids is 2. The van der Waals surface area contributed by atoms with E-state index in [2.05, 4.69) is 220 Å². The molecule has 0 fully saturated rings. The summed E-state index contributed by atoms with van der Waals surface area (Å²) in [5, 5.41) is 0. The Morgan fingerprint density at radius 1 is 0.353 bits per heavy atom. The molecular weight excluding hydrogens is 1070 g/mol. The minimum Gasteiger partial charge on any atom is -0.462 e. The van der Waals surface area contributed by atoms with Gasteiger partial charge in [-0.05, 0) is 148 Å². The lowest BCUT2D eigenvalue weighted by Crippen LogP contribution is -2.29. The van der Waals surface area contributed by atoms with Crippen molar-refractivity contribution in [2.24, 2.45) is 5.73 Å². The van der Waals surface area contributed by atoms with Crippen LogP contribution in [0.2, 0.25) is 0 Å². The molecule has 474 valence electrons. The smallest absolute Gasteiger partial charge is 0.462 e. The van der Waals surface area contributed by atoms with Crippen molar-refractivity contribution >= 4 is 19.8 Å². The minimum absolute atomic E-state index is 0.0335. The molecule has 0 bridgehead atoms. The number of hydrogen-bond acceptors (Lipinski definition) is 8. The van der Waals surface area contributed by atoms with Crippen molar-refractivity contribution in [3.8, 4) is 0 Å². The molecule has 0 saturated carbocycles. The second-order valence-corrected chi connectivity index (χ2v) is 22.0. The van der Waals surface area contributed by atoms with Gasteiger partial charge >= 0.3 is 19.8 Å². The van der Waals surface area contributed by atoms with Crippen molar-refractivity contribution < 1.29 is 37.6 Å². The molecule has 0 amide bonds. The third-order valence-corrected chi connectivity index (χ3v) is 13.6. The third kappa shape index (κ3) is 67.6. The molecule has 0 rings (SSSR count).